The molecule has 4 unspecified atom stereocenters. The van der Waals surface area contributed by atoms with Crippen LogP contribution in [0.25, 0.3) is 0 Å². The Kier molecular flexibility index (Phi) is 6.71. The zero-order chi connectivity index (χ0) is 22.7. The Morgan fingerprint density at radius 2 is 1.91 bits per heavy atom. The van der Waals surface area contributed by atoms with Crippen molar-refractivity contribution < 1.29 is 22.7 Å². The van der Waals surface area contributed by atoms with Crippen LogP contribution in [0.4, 0.5) is 18.9 Å². The summed E-state index contributed by atoms with van der Waals surface area (Å²) in [6, 6.07) is 7.53. The second kappa shape index (κ2) is 9.50. The highest BCUT2D eigenvalue weighted by Gasteiger charge is 2.45. The van der Waals surface area contributed by atoms with E-state index in [4.69, 9.17) is 5.26 Å². The fourth-order valence-electron chi connectivity index (χ4n) is 4.53. The van der Waals surface area contributed by atoms with Gasteiger partial charge >= 0.3 is 6.36 Å². The molecule has 5 N–H and O–H groups in total. The van der Waals surface area contributed by atoms with E-state index < -0.39 is 18.4 Å². The molecule has 3 aliphatic heterocycles. The first-order chi connectivity index (χ1) is 15.3. The van der Waals surface area contributed by atoms with Crippen LogP contribution in [0.15, 0.2) is 24.3 Å². The lowest BCUT2D eigenvalue weighted by atomic mass is 9.90. The summed E-state index contributed by atoms with van der Waals surface area (Å²) in [5.74, 6) is -0.519. The van der Waals surface area contributed by atoms with Crippen LogP contribution >= 0.6 is 0 Å². The summed E-state index contributed by atoms with van der Waals surface area (Å²) in [5, 5.41) is 19.1. The molecule has 0 radical (unpaired) electrons. The van der Waals surface area contributed by atoms with Gasteiger partial charge in [-0.2, -0.15) is 5.26 Å². The molecule has 1 aromatic carbocycles. The van der Waals surface area contributed by atoms with Crippen LogP contribution in [-0.2, 0) is 4.79 Å². The third kappa shape index (κ3) is 5.42. The second-order valence-electron chi connectivity index (χ2n) is 8.27. The molecule has 0 aromatic heterocycles. The molecule has 3 fully saturated rings. The van der Waals surface area contributed by atoms with E-state index >= 15 is 0 Å². The summed E-state index contributed by atoms with van der Waals surface area (Å²) in [6.07, 6.45) is -2.96. The van der Waals surface area contributed by atoms with E-state index in [0.29, 0.717) is 24.6 Å². The molecule has 0 bridgehead atoms. The highest BCUT2D eigenvalue weighted by Crippen LogP contribution is 2.27. The summed E-state index contributed by atoms with van der Waals surface area (Å²) in [5.41, 5.74) is 6.11. The number of nitriles is 1. The normalized spacial score (nSPS) is 29.5. The number of carbonyl (C=O) groups excluding carboxylic acids is 1. The standard InChI is InChI=1S/C20H26F3N7O2/c21-20(22,23)32-14-3-1-13(2-4-14)26-17-16-15(11-25-29-18(16)31)27-19(28-17)30-9-6-12(5-8-24)7-10-30/h1-4,12,15-17,19,25-28H,5-7,9-11H2,(H,29,31). The van der Waals surface area contributed by atoms with Crippen molar-refractivity contribution in [1.82, 2.24) is 26.4 Å². The number of fused-ring (bicyclic) bond motifs is 1. The van der Waals surface area contributed by atoms with Crippen molar-refractivity contribution in [3.63, 3.8) is 0 Å². The number of likely N-dealkylation sites (tertiary alicyclic amines) is 1. The van der Waals surface area contributed by atoms with Gasteiger partial charge in [-0.3, -0.25) is 25.8 Å². The van der Waals surface area contributed by atoms with Gasteiger partial charge < -0.3 is 10.1 Å². The number of ether oxygens (including phenoxy) is 1. The van der Waals surface area contributed by atoms with E-state index in [9.17, 15) is 18.0 Å². The van der Waals surface area contributed by atoms with Crippen LogP contribution in [0.1, 0.15) is 19.3 Å². The maximum absolute atomic E-state index is 12.6. The fraction of sp³-hybridized carbons (Fsp3) is 0.600. The van der Waals surface area contributed by atoms with Crippen LogP contribution in [0.3, 0.4) is 0 Å². The maximum atomic E-state index is 12.6. The van der Waals surface area contributed by atoms with Crippen LogP contribution in [0.5, 0.6) is 5.75 Å². The number of benzene rings is 1. The van der Waals surface area contributed by atoms with Crippen LogP contribution in [0.2, 0.25) is 0 Å². The lowest BCUT2D eigenvalue weighted by Gasteiger charge is -2.49. The molecule has 4 rings (SSSR count). The number of hydrogen-bond acceptors (Lipinski definition) is 8. The first-order valence-corrected chi connectivity index (χ1v) is 10.6. The third-order valence-corrected chi connectivity index (χ3v) is 6.14. The van der Waals surface area contributed by atoms with Crippen molar-refractivity contribution in [3.05, 3.63) is 24.3 Å². The second-order valence-corrected chi connectivity index (χ2v) is 8.27. The van der Waals surface area contributed by atoms with Gasteiger partial charge in [0.15, 0.2) is 0 Å². The van der Waals surface area contributed by atoms with E-state index in [2.05, 4.69) is 42.5 Å². The minimum Gasteiger partial charge on any atom is -0.406 e. The zero-order valence-corrected chi connectivity index (χ0v) is 17.3. The molecule has 3 aliphatic rings. The Hall–Kier alpha value is -2.59. The van der Waals surface area contributed by atoms with Gasteiger partial charge in [0, 0.05) is 37.8 Å². The maximum Gasteiger partial charge on any atom is 0.573 e. The van der Waals surface area contributed by atoms with Crippen molar-refractivity contribution >= 4 is 11.6 Å². The molecule has 0 saturated carbocycles. The van der Waals surface area contributed by atoms with Gasteiger partial charge in [0.25, 0.3) is 0 Å². The molecule has 0 aliphatic carbocycles. The number of rotatable bonds is 5. The Labute approximate surface area is 183 Å². The zero-order valence-electron chi connectivity index (χ0n) is 17.3. The number of hydrogen-bond donors (Lipinski definition) is 5. The minimum absolute atomic E-state index is 0.142. The Morgan fingerprint density at radius 3 is 2.56 bits per heavy atom. The molecule has 4 atom stereocenters. The molecule has 0 spiro atoms. The smallest absolute Gasteiger partial charge is 0.406 e. The van der Waals surface area contributed by atoms with E-state index in [1.54, 1.807) is 0 Å². The number of piperidine rings is 1. The van der Waals surface area contributed by atoms with Crippen LogP contribution in [-0.4, -0.2) is 55.3 Å². The number of anilines is 1. The molecule has 3 saturated heterocycles. The lowest BCUT2D eigenvalue weighted by Crippen LogP contribution is -2.77. The predicted octanol–water partition coefficient (Wildman–Crippen LogP) is 1.04. The summed E-state index contributed by atoms with van der Waals surface area (Å²) in [6.45, 7) is 2.18. The van der Waals surface area contributed by atoms with E-state index in [0.717, 1.165) is 25.9 Å². The largest absolute Gasteiger partial charge is 0.573 e. The number of alkyl halides is 3. The average Bonchev–Trinajstić information content (AvgIpc) is 2.75. The highest BCUT2D eigenvalue weighted by molar-refractivity contribution is 5.81. The average molecular weight is 453 g/mol. The Morgan fingerprint density at radius 1 is 1.19 bits per heavy atom. The quantitative estimate of drug-likeness (QED) is 0.450. The highest BCUT2D eigenvalue weighted by atomic mass is 19.4. The minimum atomic E-state index is -4.75. The number of amides is 1. The number of carbonyl (C=O) groups is 1. The Balaban J connectivity index is 1.45. The van der Waals surface area contributed by atoms with Gasteiger partial charge in [-0.1, -0.05) is 0 Å². The number of hydrazine groups is 1. The van der Waals surface area contributed by atoms with Crippen molar-refractivity contribution in [1.29, 1.82) is 5.26 Å². The van der Waals surface area contributed by atoms with Gasteiger partial charge in [-0.25, -0.2) is 5.43 Å². The topological polar surface area (TPSA) is 113 Å². The van der Waals surface area contributed by atoms with E-state index in [1.807, 2.05) is 0 Å². The Bertz CT molecular complexity index is 837. The molecular formula is C20H26F3N7O2. The van der Waals surface area contributed by atoms with Crippen molar-refractivity contribution in [2.24, 2.45) is 11.8 Å². The summed E-state index contributed by atoms with van der Waals surface area (Å²) in [7, 11) is 0. The van der Waals surface area contributed by atoms with Crippen LogP contribution < -0.4 is 31.5 Å². The van der Waals surface area contributed by atoms with Crippen molar-refractivity contribution in [2.75, 3.05) is 25.0 Å². The monoisotopic (exact) mass is 453 g/mol. The number of nitrogens with zero attached hydrogens (tertiary/aromatic N) is 2. The molecule has 1 amide bonds. The first kappa shape index (κ1) is 22.6. The lowest BCUT2D eigenvalue weighted by molar-refractivity contribution is -0.274. The van der Waals surface area contributed by atoms with Gasteiger partial charge in [-0.05, 0) is 43.0 Å². The van der Waals surface area contributed by atoms with Gasteiger partial charge in [-0.15, -0.1) is 13.2 Å². The first-order valence-electron chi connectivity index (χ1n) is 10.6. The van der Waals surface area contributed by atoms with E-state index in [-0.39, 0.29) is 24.0 Å². The van der Waals surface area contributed by atoms with Crippen molar-refractivity contribution in [2.45, 2.75) is 44.1 Å². The third-order valence-electron chi connectivity index (χ3n) is 6.14. The molecular weight excluding hydrogens is 427 g/mol. The number of halogens is 3. The number of nitrogens with one attached hydrogen (secondary N) is 5. The molecule has 3 heterocycles. The van der Waals surface area contributed by atoms with Crippen molar-refractivity contribution in [3.8, 4) is 11.8 Å². The summed E-state index contributed by atoms with van der Waals surface area (Å²) >= 11 is 0. The molecule has 1 aromatic rings. The van der Waals surface area contributed by atoms with Gasteiger partial charge in [0.05, 0.1) is 18.2 Å². The van der Waals surface area contributed by atoms with Gasteiger partial charge in [0.2, 0.25) is 5.91 Å². The summed E-state index contributed by atoms with van der Waals surface area (Å²) in [4.78, 5) is 14.8. The predicted molar refractivity (Wildman–Crippen MR) is 109 cm³/mol. The molecule has 174 valence electrons. The van der Waals surface area contributed by atoms with Crippen LogP contribution in [0, 0.1) is 23.2 Å². The van der Waals surface area contributed by atoms with Gasteiger partial charge in [0.1, 0.15) is 12.0 Å². The molecule has 32 heavy (non-hydrogen) atoms. The molecule has 9 nitrogen and oxygen atoms in total. The summed E-state index contributed by atoms with van der Waals surface area (Å²) < 4.78 is 41.1. The fourth-order valence-corrected chi connectivity index (χ4v) is 4.53. The SMILES string of the molecule is N#CCC1CCN(C2NC3CNNC(=O)C3C(Nc3ccc(OC(F)(F)F)cc3)N2)CC1. The van der Waals surface area contributed by atoms with E-state index in [1.165, 1.54) is 24.3 Å². The molecule has 12 heteroatoms.